The molecule has 1 aromatic heterocycles. The number of carbonyl (C=O) groups excluding carboxylic acids is 1. The number of hydrogen-bond donors (Lipinski definition) is 1. The minimum atomic E-state index is -3.26. The number of aryl methyl sites for hydroxylation is 1. The van der Waals surface area contributed by atoms with Crippen LogP contribution in [0.15, 0.2) is 64.0 Å². The molecule has 0 fully saturated rings. The molecular formula is C20H19ClN2O4S. The summed E-state index contributed by atoms with van der Waals surface area (Å²) >= 11 is 6.14. The Hall–Kier alpha value is -2.64. The van der Waals surface area contributed by atoms with Crippen molar-refractivity contribution in [2.75, 3.05) is 11.1 Å². The van der Waals surface area contributed by atoms with Gasteiger partial charge in [0.2, 0.25) is 5.91 Å². The van der Waals surface area contributed by atoms with E-state index in [1.165, 1.54) is 12.1 Å². The first kappa shape index (κ1) is 20.1. The summed E-state index contributed by atoms with van der Waals surface area (Å²) in [5.41, 5.74) is 1.28. The van der Waals surface area contributed by atoms with Crippen LogP contribution < -0.4 is 5.32 Å². The Morgan fingerprint density at radius 3 is 2.54 bits per heavy atom. The lowest BCUT2D eigenvalue weighted by molar-refractivity contribution is -0.116. The molecule has 8 heteroatoms. The smallest absolute Gasteiger partial charge is 0.224 e. The van der Waals surface area contributed by atoms with Gasteiger partial charge >= 0.3 is 0 Å². The molecule has 146 valence electrons. The Morgan fingerprint density at radius 2 is 1.86 bits per heavy atom. The molecule has 3 aromatic rings. The molecule has 0 saturated carbocycles. The molecule has 1 heterocycles. The van der Waals surface area contributed by atoms with Crippen molar-refractivity contribution >= 4 is 33.0 Å². The van der Waals surface area contributed by atoms with Gasteiger partial charge in [-0.15, -0.1) is 0 Å². The topological polar surface area (TPSA) is 89.3 Å². The maximum Gasteiger partial charge on any atom is 0.224 e. The van der Waals surface area contributed by atoms with Crippen molar-refractivity contribution < 1.29 is 17.6 Å². The van der Waals surface area contributed by atoms with E-state index in [1.807, 2.05) is 18.2 Å². The quantitative estimate of drug-likeness (QED) is 0.615. The number of amides is 1. The number of hydrogen-bond acceptors (Lipinski definition) is 5. The number of aromatic nitrogens is 1. The number of halogens is 1. The monoisotopic (exact) mass is 418 g/mol. The minimum Gasteiger partial charge on any atom is -0.441 e. The highest BCUT2D eigenvalue weighted by atomic mass is 35.5. The number of anilines is 1. The van der Waals surface area contributed by atoms with Gasteiger partial charge in [-0.1, -0.05) is 30.7 Å². The predicted molar refractivity (Wildman–Crippen MR) is 108 cm³/mol. The first-order valence-corrected chi connectivity index (χ1v) is 10.7. The molecule has 0 aliphatic carbocycles. The summed E-state index contributed by atoms with van der Waals surface area (Å²) in [7, 11) is -3.26. The first-order valence-electron chi connectivity index (χ1n) is 8.71. The van der Waals surface area contributed by atoms with E-state index in [4.69, 9.17) is 16.0 Å². The summed E-state index contributed by atoms with van der Waals surface area (Å²) in [4.78, 5) is 16.6. The highest BCUT2D eigenvalue weighted by molar-refractivity contribution is 7.91. The maximum absolute atomic E-state index is 12.1. The van der Waals surface area contributed by atoms with E-state index in [1.54, 1.807) is 31.3 Å². The van der Waals surface area contributed by atoms with Gasteiger partial charge in [-0.3, -0.25) is 4.79 Å². The van der Waals surface area contributed by atoms with Crippen LogP contribution in [0, 0.1) is 0 Å². The summed E-state index contributed by atoms with van der Waals surface area (Å²) in [6.07, 6.45) is 2.09. The highest BCUT2D eigenvalue weighted by Gasteiger charge is 2.13. The van der Waals surface area contributed by atoms with Crippen LogP contribution in [0.5, 0.6) is 0 Å². The number of nitrogens with zero attached hydrogens (tertiary/aromatic N) is 1. The molecule has 3 rings (SSSR count). The molecule has 6 nitrogen and oxygen atoms in total. The van der Waals surface area contributed by atoms with Crippen LogP contribution >= 0.6 is 11.6 Å². The molecule has 0 aliphatic heterocycles. The molecule has 2 aromatic carbocycles. The molecule has 0 saturated heterocycles. The van der Waals surface area contributed by atoms with Crippen molar-refractivity contribution in [2.45, 2.75) is 24.7 Å². The lowest BCUT2D eigenvalue weighted by Gasteiger charge is -2.06. The van der Waals surface area contributed by atoms with Gasteiger partial charge in [0.1, 0.15) is 0 Å². The second kappa shape index (κ2) is 8.58. The van der Waals surface area contributed by atoms with E-state index < -0.39 is 9.84 Å². The second-order valence-electron chi connectivity index (χ2n) is 6.07. The van der Waals surface area contributed by atoms with Crippen molar-refractivity contribution in [3.05, 3.63) is 65.6 Å². The first-order chi connectivity index (χ1) is 13.4. The number of sulfone groups is 1. The molecule has 0 atom stereocenters. The fraction of sp³-hybridized carbons (Fsp3) is 0.200. The Kier molecular flexibility index (Phi) is 6.16. The third kappa shape index (κ3) is 4.79. The summed E-state index contributed by atoms with van der Waals surface area (Å²) in [6.45, 7) is 1.59. The van der Waals surface area contributed by atoms with E-state index in [-0.39, 0.29) is 23.0 Å². The Balaban J connectivity index is 1.57. The van der Waals surface area contributed by atoms with Crippen molar-refractivity contribution in [1.29, 1.82) is 0 Å². The van der Waals surface area contributed by atoms with Crippen LogP contribution in [0.25, 0.3) is 11.3 Å². The van der Waals surface area contributed by atoms with Crippen molar-refractivity contribution in [3.63, 3.8) is 0 Å². The fourth-order valence-corrected chi connectivity index (χ4v) is 3.68. The molecule has 0 spiro atoms. The van der Waals surface area contributed by atoms with Crippen LogP contribution in [0.2, 0.25) is 5.02 Å². The lowest BCUT2D eigenvalue weighted by Crippen LogP contribution is -2.12. The minimum absolute atomic E-state index is 0.0328. The summed E-state index contributed by atoms with van der Waals surface area (Å²) < 4.78 is 29.3. The molecule has 28 heavy (non-hydrogen) atoms. The molecule has 1 N–H and O–H groups in total. The average molecular weight is 419 g/mol. The largest absolute Gasteiger partial charge is 0.441 e. The summed E-state index contributed by atoms with van der Waals surface area (Å²) in [5.74, 6) is 0.803. The van der Waals surface area contributed by atoms with E-state index in [9.17, 15) is 13.2 Å². The molecule has 1 amide bonds. The number of oxazole rings is 1. The van der Waals surface area contributed by atoms with E-state index in [0.29, 0.717) is 28.8 Å². The zero-order valence-electron chi connectivity index (χ0n) is 15.2. The van der Waals surface area contributed by atoms with E-state index >= 15 is 0 Å². The maximum atomic E-state index is 12.1. The van der Waals surface area contributed by atoms with Crippen LogP contribution in [0.3, 0.4) is 0 Å². The zero-order chi connectivity index (χ0) is 20.1. The zero-order valence-corrected chi connectivity index (χ0v) is 16.8. The van der Waals surface area contributed by atoms with Gasteiger partial charge in [0.15, 0.2) is 21.5 Å². The lowest BCUT2D eigenvalue weighted by atomic mass is 10.2. The highest BCUT2D eigenvalue weighted by Crippen LogP contribution is 2.28. The van der Waals surface area contributed by atoms with Gasteiger partial charge in [-0.05, 0) is 36.4 Å². The molecule has 0 unspecified atom stereocenters. The van der Waals surface area contributed by atoms with Gasteiger partial charge < -0.3 is 9.73 Å². The number of benzene rings is 2. The average Bonchev–Trinajstić information content (AvgIpc) is 3.16. The Bertz CT molecular complexity index is 1080. The van der Waals surface area contributed by atoms with Crippen molar-refractivity contribution in [2.24, 2.45) is 0 Å². The third-order valence-electron chi connectivity index (χ3n) is 4.14. The van der Waals surface area contributed by atoms with Crippen LogP contribution in [0.4, 0.5) is 5.69 Å². The summed E-state index contributed by atoms with van der Waals surface area (Å²) in [6, 6.07) is 13.4. The standard InChI is InChI=1S/C20H19ClN2O4S/c1-2-28(25,26)15-9-7-14(8-10-15)23-19(24)11-12-20-22-13-18(27-20)16-5-3-4-6-17(16)21/h3-10,13H,2,11-12H2,1H3,(H,23,24). The normalized spacial score (nSPS) is 11.4. The summed E-state index contributed by atoms with van der Waals surface area (Å²) in [5, 5.41) is 3.30. The van der Waals surface area contributed by atoms with Crippen molar-refractivity contribution in [1.82, 2.24) is 4.98 Å². The van der Waals surface area contributed by atoms with E-state index in [0.717, 1.165) is 5.56 Å². The van der Waals surface area contributed by atoms with Crippen molar-refractivity contribution in [3.8, 4) is 11.3 Å². The van der Waals surface area contributed by atoms with Crippen LogP contribution in [-0.2, 0) is 21.1 Å². The molecule has 0 bridgehead atoms. The van der Waals surface area contributed by atoms with Gasteiger partial charge in [-0.2, -0.15) is 0 Å². The molecule has 0 radical (unpaired) electrons. The van der Waals surface area contributed by atoms with Crippen LogP contribution in [-0.4, -0.2) is 25.1 Å². The Morgan fingerprint density at radius 1 is 1.14 bits per heavy atom. The number of carbonyl (C=O) groups is 1. The number of rotatable bonds is 7. The third-order valence-corrected chi connectivity index (χ3v) is 6.22. The number of nitrogens with one attached hydrogen (secondary N) is 1. The SMILES string of the molecule is CCS(=O)(=O)c1ccc(NC(=O)CCc2ncc(-c3ccccc3Cl)o2)cc1. The Labute approximate surface area is 168 Å². The fourth-order valence-electron chi connectivity index (χ4n) is 2.57. The van der Waals surface area contributed by atoms with Gasteiger partial charge in [0.25, 0.3) is 0 Å². The van der Waals surface area contributed by atoms with Gasteiger partial charge in [0.05, 0.1) is 21.9 Å². The second-order valence-corrected chi connectivity index (χ2v) is 8.76. The molecule has 0 aliphatic rings. The van der Waals surface area contributed by atoms with Crippen LogP contribution in [0.1, 0.15) is 19.2 Å². The van der Waals surface area contributed by atoms with E-state index in [2.05, 4.69) is 10.3 Å². The predicted octanol–water partition coefficient (Wildman–Crippen LogP) is 4.36. The van der Waals surface area contributed by atoms with Gasteiger partial charge in [0, 0.05) is 24.1 Å². The molecular weight excluding hydrogens is 400 g/mol. The van der Waals surface area contributed by atoms with Gasteiger partial charge in [-0.25, -0.2) is 13.4 Å².